The average Bonchev–Trinajstić information content (AvgIpc) is 2.73. The normalized spacial score (nSPS) is 9.80. The Hall–Kier alpha value is -2.35. The van der Waals surface area contributed by atoms with Gasteiger partial charge in [-0.3, -0.25) is 10.1 Å². The van der Waals surface area contributed by atoms with Crippen molar-refractivity contribution in [1.82, 2.24) is 15.2 Å². The van der Waals surface area contributed by atoms with E-state index in [1.54, 1.807) is 12.3 Å². The maximum Gasteiger partial charge on any atom is 0.110 e. The van der Waals surface area contributed by atoms with Gasteiger partial charge in [0.05, 0.1) is 17.4 Å². The monoisotopic (exact) mass is 199 g/mol. The molecule has 2 N–H and O–H groups in total. The third-order valence-corrected chi connectivity index (χ3v) is 2.02. The zero-order valence-electron chi connectivity index (χ0n) is 7.99. The molecule has 0 bridgehead atoms. The summed E-state index contributed by atoms with van der Waals surface area (Å²) in [6, 6.07) is 2.08. The second-order valence-corrected chi connectivity index (χ2v) is 2.96. The molecule has 2 aromatic heterocycles. The van der Waals surface area contributed by atoms with Gasteiger partial charge in [0.25, 0.3) is 0 Å². The van der Waals surface area contributed by atoms with Crippen molar-refractivity contribution in [3.8, 4) is 6.07 Å². The third-order valence-electron chi connectivity index (χ3n) is 2.02. The zero-order chi connectivity index (χ0) is 10.7. The predicted molar refractivity (Wildman–Crippen MR) is 57.3 cm³/mol. The number of hydrogen-bond donors (Lipinski definition) is 2. The number of aromatic amines is 1. The number of fused-ring (bicyclic) bond motifs is 1. The highest BCUT2D eigenvalue weighted by atomic mass is 15.1. The molecule has 0 aliphatic rings. The van der Waals surface area contributed by atoms with Gasteiger partial charge in [0, 0.05) is 12.7 Å². The summed E-state index contributed by atoms with van der Waals surface area (Å²) >= 11 is 0. The summed E-state index contributed by atoms with van der Waals surface area (Å²) in [6.07, 6.45) is 4.88. The zero-order valence-corrected chi connectivity index (χ0v) is 7.99. The van der Waals surface area contributed by atoms with Crippen LogP contribution in [0.1, 0.15) is 5.56 Å². The fourth-order valence-electron chi connectivity index (χ4n) is 1.34. The fraction of sp³-hybridized carbons (Fsp3) is 0.100. The second-order valence-electron chi connectivity index (χ2n) is 2.96. The molecule has 0 aliphatic carbocycles. The quantitative estimate of drug-likeness (QED) is 0.733. The maximum atomic E-state index is 8.92. The number of nitrogens with zero attached hydrogens (tertiary/aromatic N) is 3. The van der Waals surface area contributed by atoms with Gasteiger partial charge in [0.1, 0.15) is 17.1 Å². The van der Waals surface area contributed by atoms with Crippen LogP contribution in [0.4, 0.5) is 5.69 Å². The Kier molecular flexibility index (Phi) is 2.33. The second kappa shape index (κ2) is 3.80. The minimum absolute atomic E-state index is 0.494. The number of anilines is 1. The molecule has 5 nitrogen and oxygen atoms in total. The van der Waals surface area contributed by atoms with E-state index >= 15 is 0 Å². The largest absolute Gasteiger partial charge is 0.379 e. The third kappa shape index (κ3) is 1.53. The molecular formula is C10H9N5. The van der Waals surface area contributed by atoms with Crippen LogP contribution < -0.4 is 5.32 Å². The molecule has 0 unspecified atom stereocenters. The molecule has 0 aliphatic heterocycles. The van der Waals surface area contributed by atoms with Crippen molar-refractivity contribution in [2.45, 2.75) is 0 Å². The smallest absolute Gasteiger partial charge is 0.110 e. The van der Waals surface area contributed by atoms with Crippen LogP contribution in [0.15, 0.2) is 25.0 Å². The Balaban J connectivity index is 2.59. The van der Waals surface area contributed by atoms with Gasteiger partial charge < -0.3 is 5.32 Å². The molecule has 0 aromatic carbocycles. The van der Waals surface area contributed by atoms with Gasteiger partial charge in [-0.25, -0.2) is 0 Å². The number of aromatic nitrogens is 3. The van der Waals surface area contributed by atoms with Gasteiger partial charge in [-0.1, -0.05) is 6.08 Å². The van der Waals surface area contributed by atoms with E-state index in [1.807, 2.05) is 0 Å². The fourth-order valence-corrected chi connectivity index (χ4v) is 1.34. The number of hydrogen-bond acceptors (Lipinski definition) is 4. The Bertz CT molecular complexity index is 534. The number of H-pyrrole nitrogens is 1. The molecule has 74 valence electrons. The van der Waals surface area contributed by atoms with Gasteiger partial charge in [-0.05, 0) is 0 Å². The molecule has 0 fully saturated rings. The van der Waals surface area contributed by atoms with Crippen molar-refractivity contribution in [1.29, 1.82) is 5.26 Å². The van der Waals surface area contributed by atoms with Crippen molar-refractivity contribution >= 4 is 16.7 Å². The Labute approximate surface area is 86.4 Å². The number of pyridine rings is 1. The lowest BCUT2D eigenvalue weighted by Crippen LogP contribution is -2.01. The first kappa shape index (κ1) is 9.21. The van der Waals surface area contributed by atoms with Crippen molar-refractivity contribution in [2.75, 3.05) is 11.9 Å². The van der Waals surface area contributed by atoms with Crippen LogP contribution in [0.2, 0.25) is 0 Å². The van der Waals surface area contributed by atoms with E-state index in [1.165, 1.54) is 6.20 Å². The molecule has 15 heavy (non-hydrogen) atoms. The maximum absolute atomic E-state index is 8.92. The molecule has 5 heteroatoms. The van der Waals surface area contributed by atoms with E-state index in [4.69, 9.17) is 5.26 Å². The molecule has 0 saturated carbocycles. The first-order valence-electron chi connectivity index (χ1n) is 4.43. The SMILES string of the molecule is C=CCNc1c(C#N)cnc2cn[nH]c12. The molecule has 2 aromatic rings. The summed E-state index contributed by atoms with van der Waals surface area (Å²) in [7, 11) is 0. The van der Waals surface area contributed by atoms with E-state index in [9.17, 15) is 0 Å². The predicted octanol–water partition coefficient (Wildman–Crippen LogP) is 1.43. The lowest BCUT2D eigenvalue weighted by molar-refractivity contribution is 1.12. The van der Waals surface area contributed by atoms with Crippen LogP contribution in [0.5, 0.6) is 0 Å². The summed E-state index contributed by atoms with van der Waals surface area (Å²) in [5.74, 6) is 0. The summed E-state index contributed by atoms with van der Waals surface area (Å²) < 4.78 is 0. The van der Waals surface area contributed by atoms with Crippen LogP contribution in [-0.2, 0) is 0 Å². The Morgan fingerprint density at radius 2 is 2.47 bits per heavy atom. The van der Waals surface area contributed by atoms with Crippen molar-refractivity contribution in [3.05, 3.63) is 30.6 Å². The van der Waals surface area contributed by atoms with E-state index in [2.05, 4.69) is 33.1 Å². The number of nitrogens with one attached hydrogen (secondary N) is 2. The molecule has 0 spiro atoms. The topological polar surface area (TPSA) is 77.4 Å². The van der Waals surface area contributed by atoms with Crippen molar-refractivity contribution < 1.29 is 0 Å². The highest BCUT2D eigenvalue weighted by Gasteiger charge is 2.08. The van der Waals surface area contributed by atoms with E-state index in [0.29, 0.717) is 12.1 Å². The molecule has 0 atom stereocenters. The molecule has 0 amide bonds. The Morgan fingerprint density at radius 3 is 3.20 bits per heavy atom. The highest BCUT2D eigenvalue weighted by Crippen LogP contribution is 2.22. The Morgan fingerprint density at radius 1 is 1.60 bits per heavy atom. The van der Waals surface area contributed by atoms with E-state index in [-0.39, 0.29) is 0 Å². The summed E-state index contributed by atoms with van der Waals surface area (Å²) in [6.45, 7) is 4.20. The van der Waals surface area contributed by atoms with Crippen molar-refractivity contribution in [3.63, 3.8) is 0 Å². The van der Waals surface area contributed by atoms with Gasteiger partial charge >= 0.3 is 0 Å². The minimum Gasteiger partial charge on any atom is -0.379 e. The van der Waals surface area contributed by atoms with Gasteiger partial charge in [0.2, 0.25) is 0 Å². The lowest BCUT2D eigenvalue weighted by atomic mass is 10.2. The first-order valence-corrected chi connectivity index (χ1v) is 4.43. The van der Waals surface area contributed by atoms with Crippen LogP contribution in [0, 0.1) is 11.3 Å². The van der Waals surface area contributed by atoms with Crippen LogP contribution in [-0.4, -0.2) is 21.7 Å². The highest BCUT2D eigenvalue weighted by molar-refractivity contribution is 5.90. The molecular weight excluding hydrogens is 190 g/mol. The molecule has 2 rings (SSSR count). The van der Waals surface area contributed by atoms with Crippen LogP contribution >= 0.6 is 0 Å². The molecule has 2 heterocycles. The average molecular weight is 199 g/mol. The van der Waals surface area contributed by atoms with E-state index < -0.39 is 0 Å². The van der Waals surface area contributed by atoms with Crippen LogP contribution in [0.25, 0.3) is 11.0 Å². The molecule has 0 radical (unpaired) electrons. The summed E-state index contributed by atoms with van der Waals surface area (Å²) in [5.41, 5.74) is 2.70. The van der Waals surface area contributed by atoms with Gasteiger partial charge in [-0.2, -0.15) is 10.4 Å². The first-order chi connectivity index (χ1) is 7.36. The number of rotatable bonds is 3. The number of nitriles is 1. The molecule has 0 saturated heterocycles. The van der Waals surface area contributed by atoms with E-state index in [0.717, 1.165) is 16.7 Å². The standard InChI is InChI=1S/C10H9N5/c1-2-3-12-9-7(4-11)5-13-8-6-14-15-10(8)9/h2,5-6H,1,3H2,(H,12,13)(H,14,15). The van der Waals surface area contributed by atoms with Crippen LogP contribution in [0.3, 0.4) is 0 Å². The van der Waals surface area contributed by atoms with Gasteiger partial charge in [-0.15, -0.1) is 6.58 Å². The van der Waals surface area contributed by atoms with Crippen molar-refractivity contribution in [2.24, 2.45) is 0 Å². The summed E-state index contributed by atoms with van der Waals surface area (Å²) in [4.78, 5) is 4.10. The summed E-state index contributed by atoms with van der Waals surface area (Å²) in [5, 5.41) is 18.7. The lowest BCUT2D eigenvalue weighted by Gasteiger charge is -2.05. The van der Waals surface area contributed by atoms with Gasteiger partial charge in [0.15, 0.2) is 0 Å². The minimum atomic E-state index is 0.494.